The second-order valence-electron chi connectivity index (χ2n) is 4.37. The SMILES string of the molecule is CCCCC(N)C(=O)NCC(CC)CC(=O)O. The number of unbranched alkanes of at least 4 members (excludes halogenated alkanes) is 1. The number of carbonyl (C=O) groups excluding carboxylic acids is 1. The minimum Gasteiger partial charge on any atom is -0.481 e. The normalized spacial score (nSPS) is 14.1. The molecule has 0 aliphatic rings. The fourth-order valence-corrected chi connectivity index (χ4v) is 1.54. The highest BCUT2D eigenvalue weighted by molar-refractivity contribution is 5.81. The molecule has 1 amide bonds. The van der Waals surface area contributed by atoms with Crippen LogP contribution in [-0.4, -0.2) is 29.6 Å². The molecule has 0 rings (SSSR count). The average Bonchev–Trinajstić information content (AvgIpc) is 2.30. The molecule has 100 valence electrons. The first-order valence-electron chi connectivity index (χ1n) is 6.26. The number of nitrogens with one attached hydrogen (secondary N) is 1. The van der Waals surface area contributed by atoms with E-state index in [1.807, 2.05) is 13.8 Å². The Morgan fingerprint density at radius 3 is 2.47 bits per heavy atom. The molecule has 2 unspecified atom stereocenters. The average molecular weight is 244 g/mol. The maximum Gasteiger partial charge on any atom is 0.303 e. The summed E-state index contributed by atoms with van der Waals surface area (Å²) in [6, 6.07) is -0.475. The first-order chi connectivity index (χ1) is 8.01. The van der Waals surface area contributed by atoms with Crippen LogP contribution in [0.3, 0.4) is 0 Å². The summed E-state index contributed by atoms with van der Waals surface area (Å²) in [6.07, 6.45) is 3.44. The molecular formula is C12H24N2O3. The molecule has 17 heavy (non-hydrogen) atoms. The van der Waals surface area contributed by atoms with Gasteiger partial charge in [0, 0.05) is 13.0 Å². The molecule has 0 radical (unpaired) electrons. The quantitative estimate of drug-likeness (QED) is 0.566. The van der Waals surface area contributed by atoms with Crippen LogP contribution in [0.1, 0.15) is 46.0 Å². The van der Waals surface area contributed by atoms with Gasteiger partial charge in [0.15, 0.2) is 0 Å². The second-order valence-corrected chi connectivity index (χ2v) is 4.37. The van der Waals surface area contributed by atoms with Crippen LogP contribution in [0, 0.1) is 5.92 Å². The first-order valence-corrected chi connectivity index (χ1v) is 6.26. The van der Waals surface area contributed by atoms with Crippen molar-refractivity contribution in [3.8, 4) is 0 Å². The van der Waals surface area contributed by atoms with Gasteiger partial charge >= 0.3 is 5.97 Å². The third-order valence-corrected chi connectivity index (χ3v) is 2.81. The molecule has 0 heterocycles. The number of nitrogens with two attached hydrogens (primary N) is 1. The Kier molecular flexibility index (Phi) is 8.40. The standard InChI is InChI=1S/C12H24N2O3/c1-3-5-6-10(13)12(17)14-8-9(4-2)7-11(15)16/h9-10H,3-8,13H2,1-2H3,(H,14,17)(H,15,16). The molecule has 0 saturated carbocycles. The lowest BCUT2D eigenvalue weighted by Crippen LogP contribution is -2.42. The molecule has 0 aromatic heterocycles. The molecule has 2 atom stereocenters. The summed E-state index contributed by atoms with van der Waals surface area (Å²) < 4.78 is 0. The predicted molar refractivity (Wildman–Crippen MR) is 66.5 cm³/mol. The maximum atomic E-state index is 11.6. The van der Waals surface area contributed by atoms with Gasteiger partial charge in [-0.15, -0.1) is 0 Å². The van der Waals surface area contributed by atoms with Crippen molar-refractivity contribution in [1.82, 2.24) is 5.32 Å². The van der Waals surface area contributed by atoms with Gasteiger partial charge in [0.05, 0.1) is 6.04 Å². The summed E-state index contributed by atoms with van der Waals surface area (Å²) in [4.78, 5) is 22.1. The Morgan fingerprint density at radius 1 is 1.35 bits per heavy atom. The first kappa shape index (κ1) is 15.9. The molecule has 0 saturated heterocycles. The lowest BCUT2D eigenvalue weighted by Gasteiger charge is -2.16. The number of aliphatic carboxylic acids is 1. The number of carboxylic acid groups (broad SMARTS) is 1. The molecule has 0 fully saturated rings. The van der Waals surface area contributed by atoms with Crippen LogP contribution >= 0.6 is 0 Å². The Balaban J connectivity index is 3.90. The number of amides is 1. The highest BCUT2D eigenvalue weighted by Gasteiger charge is 2.16. The Hall–Kier alpha value is -1.10. The van der Waals surface area contributed by atoms with Crippen molar-refractivity contribution in [1.29, 1.82) is 0 Å². The van der Waals surface area contributed by atoms with E-state index in [9.17, 15) is 9.59 Å². The summed E-state index contributed by atoms with van der Waals surface area (Å²) in [5.41, 5.74) is 5.70. The van der Waals surface area contributed by atoms with E-state index < -0.39 is 12.0 Å². The molecule has 0 spiro atoms. The zero-order valence-corrected chi connectivity index (χ0v) is 10.7. The largest absolute Gasteiger partial charge is 0.481 e. The minimum absolute atomic E-state index is 0.0187. The number of hydrogen-bond donors (Lipinski definition) is 3. The van der Waals surface area contributed by atoms with E-state index >= 15 is 0 Å². The molecule has 0 aliphatic heterocycles. The molecule has 0 bridgehead atoms. The molecule has 0 aromatic rings. The van der Waals surface area contributed by atoms with Crippen molar-refractivity contribution in [3.63, 3.8) is 0 Å². The van der Waals surface area contributed by atoms with Crippen molar-refractivity contribution in [2.45, 2.75) is 52.0 Å². The third-order valence-electron chi connectivity index (χ3n) is 2.81. The fraction of sp³-hybridized carbons (Fsp3) is 0.833. The van der Waals surface area contributed by atoms with Gasteiger partial charge in [0.25, 0.3) is 0 Å². The van der Waals surface area contributed by atoms with Crippen LogP contribution in [0.4, 0.5) is 0 Å². The molecular weight excluding hydrogens is 220 g/mol. The van der Waals surface area contributed by atoms with E-state index in [4.69, 9.17) is 10.8 Å². The molecule has 0 aliphatic carbocycles. The monoisotopic (exact) mass is 244 g/mol. The number of carboxylic acids is 1. The van der Waals surface area contributed by atoms with Crippen molar-refractivity contribution < 1.29 is 14.7 Å². The number of hydrogen-bond acceptors (Lipinski definition) is 3. The summed E-state index contributed by atoms with van der Waals surface area (Å²) in [5.74, 6) is -1.03. The van der Waals surface area contributed by atoms with Crippen molar-refractivity contribution in [2.24, 2.45) is 11.7 Å². The lowest BCUT2D eigenvalue weighted by atomic mass is 10.0. The lowest BCUT2D eigenvalue weighted by molar-refractivity contribution is -0.138. The van der Waals surface area contributed by atoms with Crippen LogP contribution < -0.4 is 11.1 Å². The van der Waals surface area contributed by atoms with Crippen LogP contribution in [0.25, 0.3) is 0 Å². The van der Waals surface area contributed by atoms with Crippen LogP contribution in [0.15, 0.2) is 0 Å². The van der Waals surface area contributed by atoms with E-state index in [0.717, 1.165) is 19.3 Å². The molecule has 5 nitrogen and oxygen atoms in total. The predicted octanol–water partition coefficient (Wildman–Crippen LogP) is 1.12. The van der Waals surface area contributed by atoms with Gasteiger partial charge in [0.2, 0.25) is 5.91 Å². The van der Waals surface area contributed by atoms with Crippen LogP contribution in [-0.2, 0) is 9.59 Å². The fourth-order valence-electron chi connectivity index (χ4n) is 1.54. The highest BCUT2D eigenvalue weighted by Crippen LogP contribution is 2.07. The van der Waals surface area contributed by atoms with E-state index in [2.05, 4.69) is 5.32 Å². The second kappa shape index (κ2) is 8.98. The summed E-state index contributed by atoms with van der Waals surface area (Å²) in [5, 5.41) is 11.4. The van der Waals surface area contributed by atoms with E-state index in [1.54, 1.807) is 0 Å². The number of rotatable bonds is 9. The van der Waals surface area contributed by atoms with Gasteiger partial charge in [0.1, 0.15) is 0 Å². The van der Waals surface area contributed by atoms with Crippen LogP contribution in [0.2, 0.25) is 0 Å². The van der Waals surface area contributed by atoms with Gasteiger partial charge in [-0.25, -0.2) is 0 Å². The van der Waals surface area contributed by atoms with Crippen molar-refractivity contribution in [3.05, 3.63) is 0 Å². The van der Waals surface area contributed by atoms with E-state index in [1.165, 1.54) is 0 Å². The highest BCUT2D eigenvalue weighted by atomic mass is 16.4. The van der Waals surface area contributed by atoms with E-state index in [0.29, 0.717) is 13.0 Å². The maximum absolute atomic E-state index is 11.6. The van der Waals surface area contributed by atoms with Gasteiger partial charge < -0.3 is 16.2 Å². The molecule has 5 heteroatoms. The molecule has 0 aromatic carbocycles. The number of carbonyl (C=O) groups is 2. The summed E-state index contributed by atoms with van der Waals surface area (Å²) in [6.45, 7) is 4.35. The Bertz CT molecular complexity index is 244. The Morgan fingerprint density at radius 2 is 2.00 bits per heavy atom. The van der Waals surface area contributed by atoms with Crippen molar-refractivity contribution >= 4 is 11.9 Å². The van der Waals surface area contributed by atoms with Gasteiger partial charge in [-0.05, 0) is 12.3 Å². The van der Waals surface area contributed by atoms with Crippen molar-refractivity contribution in [2.75, 3.05) is 6.54 Å². The third kappa shape index (κ3) is 7.74. The Labute approximate surface area is 103 Å². The molecule has 4 N–H and O–H groups in total. The summed E-state index contributed by atoms with van der Waals surface area (Å²) in [7, 11) is 0. The topological polar surface area (TPSA) is 92.4 Å². The van der Waals surface area contributed by atoms with Gasteiger partial charge in [-0.3, -0.25) is 9.59 Å². The zero-order valence-electron chi connectivity index (χ0n) is 10.7. The van der Waals surface area contributed by atoms with Gasteiger partial charge in [-0.2, -0.15) is 0 Å². The zero-order chi connectivity index (χ0) is 13.3. The minimum atomic E-state index is -0.832. The van der Waals surface area contributed by atoms with E-state index in [-0.39, 0.29) is 18.2 Å². The summed E-state index contributed by atoms with van der Waals surface area (Å²) >= 11 is 0. The van der Waals surface area contributed by atoms with Gasteiger partial charge in [-0.1, -0.05) is 33.1 Å². The smallest absolute Gasteiger partial charge is 0.303 e. The van der Waals surface area contributed by atoms with Crippen LogP contribution in [0.5, 0.6) is 0 Å².